The van der Waals surface area contributed by atoms with Crippen molar-refractivity contribution in [3.63, 3.8) is 0 Å². The lowest BCUT2D eigenvalue weighted by Gasteiger charge is -2.11. The zero-order valence-electron chi connectivity index (χ0n) is 13.2. The minimum Gasteiger partial charge on any atom is -0.461 e. The van der Waals surface area contributed by atoms with E-state index in [4.69, 9.17) is 39.5 Å². The Bertz CT molecular complexity index is 817. The van der Waals surface area contributed by atoms with Gasteiger partial charge in [-0.1, -0.05) is 34.8 Å². The first-order valence-electron chi connectivity index (χ1n) is 7.31. The molecule has 0 amide bonds. The zero-order valence-corrected chi connectivity index (χ0v) is 15.5. The molecule has 0 unspecified atom stereocenters. The Hall–Kier alpha value is -2.01. The fourth-order valence-electron chi connectivity index (χ4n) is 1.91. The molecule has 0 atom stereocenters. The Labute approximate surface area is 160 Å². The molecule has 7 heteroatoms. The molecule has 0 aliphatic rings. The topological polar surface area (TPSA) is 55.4 Å². The van der Waals surface area contributed by atoms with E-state index in [2.05, 4.69) is 5.32 Å². The van der Waals surface area contributed by atoms with Crippen LogP contribution in [0.1, 0.15) is 17.3 Å². The highest BCUT2D eigenvalue weighted by atomic mass is 35.5. The maximum atomic E-state index is 12.4. The van der Waals surface area contributed by atoms with Gasteiger partial charge in [0.2, 0.25) is 0 Å². The van der Waals surface area contributed by atoms with Gasteiger partial charge >= 0.3 is 5.97 Å². The predicted octanol–water partition coefficient (Wildman–Crippen LogP) is 5.39. The molecule has 2 aromatic rings. The van der Waals surface area contributed by atoms with Crippen LogP contribution in [-0.4, -0.2) is 18.4 Å². The van der Waals surface area contributed by atoms with Gasteiger partial charge in [-0.15, -0.1) is 0 Å². The smallest absolute Gasteiger partial charge is 0.354 e. The number of hydrogen-bond acceptors (Lipinski definition) is 4. The summed E-state index contributed by atoms with van der Waals surface area (Å²) >= 11 is 17.7. The number of anilines is 1. The number of hydrogen-bond donors (Lipinski definition) is 1. The van der Waals surface area contributed by atoms with Gasteiger partial charge in [-0.05, 0) is 49.4 Å². The van der Waals surface area contributed by atoms with Crippen LogP contribution in [0, 0.1) is 0 Å². The Morgan fingerprint density at radius 1 is 1.04 bits per heavy atom. The van der Waals surface area contributed by atoms with Crippen molar-refractivity contribution < 1.29 is 14.3 Å². The van der Waals surface area contributed by atoms with Crippen molar-refractivity contribution in [2.45, 2.75) is 6.92 Å². The molecule has 1 N–H and O–H groups in total. The minimum absolute atomic E-state index is 0.0137. The van der Waals surface area contributed by atoms with E-state index in [0.717, 1.165) is 0 Å². The summed E-state index contributed by atoms with van der Waals surface area (Å²) in [6, 6.07) is 11.1. The van der Waals surface area contributed by atoms with Crippen LogP contribution in [-0.2, 0) is 9.53 Å². The maximum Gasteiger partial charge on any atom is 0.354 e. The van der Waals surface area contributed by atoms with Gasteiger partial charge in [-0.2, -0.15) is 0 Å². The summed E-state index contributed by atoms with van der Waals surface area (Å²) in [5.41, 5.74) is 0.875. The average Bonchev–Trinajstić information content (AvgIpc) is 2.58. The van der Waals surface area contributed by atoms with Gasteiger partial charge in [0.05, 0.1) is 16.7 Å². The van der Waals surface area contributed by atoms with Gasteiger partial charge in [-0.25, -0.2) is 4.79 Å². The van der Waals surface area contributed by atoms with E-state index in [9.17, 15) is 9.59 Å². The summed E-state index contributed by atoms with van der Waals surface area (Å²) in [5, 5.41) is 4.05. The van der Waals surface area contributed by atoms with Crippen LogP contribution < -0.4 is 5.32 Å². The highest BCUT2D eigenvalue weighted by molar-refractivity contribution is 6.42. The maximum absolute atomic E-state index is 12.4. The predicted molar refractivity (Wildman–Crippen MR) is 101 cm³/mol. The number of esters is 1. The van der Waals surface area contributed by atoms with E-state index in [1.165, 1.54) is 6.08 Å². The second kappa shape index (κ2) is 8.90. The second-order valence-electron chi connectivity index (χ2n) is 4.90. The van der Waals surface area contributed by atoms with Crippen LogP contribution in [0.25, 0.3) is 0 Å². The van der Waals surface area contributed by atoms with Crippen molar-refractivity contribution in [1.82, 2.24) is 0 Å². The van der Waals surface area contributed by atoms with Crippen LogP contribution in [0.4, 0.5) is 5.69 Å². The SMILES string of the molecule is CCOC(=O)/C(=C/C(=O)c1ccc(Cl)cc1)Nc1ccc(Cl)c(Cl)c1. The molecular formula is C18H14Cl3NO3. The molecule has 0 saturated heterocycles. The third-order valence-electron chi connectivity index (χ3n) is 3.10. The lowest BCUT2D eigenvalue weighted by atomic mass is 10.1. The Morgan fingerprint density at radius 3 is 2.32 bits per heavy atom. The van der Waals surface area contributed by atoms with E-state index in [0.29, 0.717) is 26.3 Å². The molecule has 0 saturated carbocycles. The molecule has 0 aromatic heterocycles. The van der Waals surface area contributed by atoms with E-state index in [1.807, 2.05) is 0 Å². The van der Waals surface area contributed by atoms with Crippen LogP contribution in [0.5, 0.6) is 0 Å². The van der Waals surface area contributed by atoms with Crippen molar-refractivity contribution in [2.75, 3.05) is 11.9 Å². The molecule has 130 valence electrons. The number of halogens is 3. The average molecular weight is 399 g/mol. The Morgan fingerprint density at radius 2 is 1.72 bits per heavy atom. The first kappa shape index (κ1) is 19.3. The summed E-state index contributed by atoms with van der Waals surface area (Å²) in [5.74, 6) is -1.02. The number of ketones is 1. The van der Waals surface area contributed by atoms with Gasteiger partial charge in [-0.3, -0.25) is 4.79 Å². The minimum atomic E-state index is -0.657. The van der Waals surface area contributed by atoms with Crippen LogP contribution in [0.15, 0.2) is 54.2 Å². The lowest BCUT2D eigenvalue weighted by Crippen LogP contribution is -2.16. The summed E-state index contributed by atoms with van der Waals surface area (Å²) in [6.07, 6.45) is 1.17. The van der Waals surface area contributed by atoms with Crippen LogP contribution in [0.2, 0.25) is 15.1 Å². The third-order valence-corrected chi connectivity index (χ3v) is 4.09. The number of carbonyl (C=O) groups excluding carboxylic acids is 2. The molecule has 0 radical (unpaired) electrons. The van der Waals surface area contributed by atoms with Crippen molar-refractivity contribution >= 4 is 52.2 Å². The number of benzene rings is 2. The van der Waals surface area contributed by atoms with E-state index in [1.54, 1.807) is 49.4 Å². The first-order valence-corrected chi connectivity index (χ1v) is 8.45. The summed E-state index contributed by atoms with van der Waals surface area (Å²) < 4.78 is 4.98. The van der Waals surface area contributed by atoms with Gasteiger partial charge in [0.25, 0.3) is 0 Å². The van der Waals surface area contributed by atoms with Crippen LogP contribution in [0.3, 0.4) is 0 Å². The standard InChI is InChI=1S/C18H14Cl3NO3/c1-2-25-18(24)16(22-13-7-8-14(20)15(21)9-13)10-17(23)11-3-5-12(19)6-4-11/h3-10,22H,2H2,1H3/b16-10-. The number of carbonyl (C=O) groups is 2. The molecule has 2 rings (SSSR count). The van der Waals surface area contributed by atoms with E-state index >= 15 is 0 Å². The Balaban J connectivity index is 2.31. The largest absolute Gasteiger partial charge is 0.461 e. The molecule has 2 aromatic carbocycles. The molecule has 0 spiro atoms. The van der Waals surface area contributed by atoms with Crippen molar-refractivity contribution in [3.05, 3.63) is 74.9 Å². The molecule has 25 heavy (non-hydrogen) atoms. The van der Waals surface area contributed by atoms with Gasteiger partial charge in [0.1, 0.15) is 5.70 Å². The number of ether oxygens (including phenoxy) is 1. The van der Waals surface area contributed by atoms with Crippen molar-refractivity contribution in [2.24, 2.45) is 0 Å². The molecule has 0 aliphatic carbocycles. The molecule has 0 bridgehead atoms. The van der Waals surface area contributed by atoms with E-state index < -0.39 is 5.97 Å². The van der Waals surface area contributed by atoms with Crippen LogP contribution >= 0.6 is 34.8 Å². The van der Waals surface area contributed by atoms with Gasteiger partial charge < -0.3 is 10.1 Å². The van der Waals surface area contributed by atoms with Crippen molar-refractivity contribution in [3.8, 4) is 0 Å². The quantitative estimate of drug-likeness (QED) is 0.403. The molecule has 0 aliphatic heterocycles. The number of allylic oxidation sites excluding steroid dienone is 1. The first-order chi connectivity index (χ1) is 11.9. The fourth-order valence-corrected chi connectivity index (χ4v) is 2.34. The number of nitrogens with one attached hydrogen (secondary N) is 1. The fraction of sp³-hybridized carbons (Fsp3) is 0.111. The summed E-state index contributed by atoms with van der Waals surface area (Å²) in [4.78, 5) is 24.5. The number of rotatable bonds is 6. The normalized spacial score (nSPS) is 11.1. The molecule has 0 heterocycles. The molecule has 0 fully saturated rings. The van der Waals surface area contributed by atoms with Gasteiger partial charge in [0, 0.05) is 22.3 Å². The van der Waals surface area contributed by atoms with E-state index in [-0.39, 0.29) is 18.1 Å². The van der Waals surface area contributed by atoms with Gasteiger partial charge in [0.15, 0.2) is 5.78 Å². The summed E-state index contributed by atoms with van der Waals surface area (Å²) in [7, 11) is 0. The highest BCUT2D eigenvalue weighted by Crippen LogP contribution is 2.26. The van der Waals surface area contributed by atoms with Crippen molar-refractivity contribution in [1.29, 1.82) is 0 Å². The summed E-state index contributed by atoms with van der Waals surface area (Å²) in [6.45, 7) is 1.85. The second-order valence-corrected chi connectivity index (χ2v) is 6.15. The molecule has 4 nitrogen and oxygen atoms in total. The third kappa shape index (κ3) is 5.49. The molecular weight excluding hydrogens is 385 g/mol. The lowest BCUT2D eigenvalue weighted by molar-refractivity contribution is -0.138. The highest BCUT2D eigenvalue weighted by Gasteiger charge is 2.15. The Kier molecular flexibility index (Phi) is 6.88. The monoisotopic (exact) mass is 397 g/mol. The zero-order chi connectivity index (χ0) is 18.4.